The molecule has 0 fully saturated rings. The molecule has 0 saturated heterocycles. The van der Waals surface area contributed by atoms with Crippen LogP contribution >= 0.6 is 11.8 Å². The third-order valence-electron chi connectivity index (χ3n) is 2.33. The fraction of sp³-hybridized carbons (Fsp3) is 0.545. The van der Waals surface area contributed by atoms with Crippen molar-refractivity contribution in [1.82, 2.24) is 5.32 Å². The second kappa shape index (κ2) is 6.60. The Morgan fingerprint density at radius 2 is 2.38 bits per heavy atom. The van der Waals surface area contributed by atoms with E-state index < -0.39 is 0 Å². The number of hydrogen-bond acceptors (Lipinski definition) is 4. The van der Waals surface area contributed by atoms with E-state index in [0.29, 0.717) is 29.9 Å². The molecule has 0 aliphatic rings. The van der Waals surface area contributed by atoms with Crippen molar-refractivity contribution in [3.8, 4) is 0 Å². The van der Waals surface area contributed by atoms with Crippen molar-refractivity contribution in [2.24, 2.45) is 5.73 Å². The minimum atomic E-state index is -0.173. The monoisotopic (exact) mass is 242 g/mol. The van der Waals surface area contributed by atoms with Gasteiger partial charge in [0.25, 0.3) is 5.91 Å². The van der Waals surface area contributed by atoms with Gasteiger partial charge in [0, 0.05) is 11.8 Å². The van der Waals surface area contributed by atoms with Crippen LogP contribution < -0.4 is 11.1 Å². The van der Waals surface area contributed by atoms with Crippen LogP contribution in [0.4, 0.5) is 0 Å². The van der Waals surface area contributed by atoms with E-state index in [1.165, 1.54) is 0 Å². The Labute approximate surface area is 100.0 Å². The molecule has 1 rings (SSSR count). The Morgan fingerprint density at radius 1 is 1.62 bits per heavy atom. The molecule has 16 heavy (non-hydrogen) atoms. The van der Waals surface area contributed by atoms with Crippen LogP contribution in [-0.2, 0) is 6.54 Å². The van der Waals surface area contributed by atoms with Gasteiger partial charge in [0.2, 0.25) is 0 Å². The van der Waals surface area contributed by atoms with Gasteiger partial charge in [-0.15, -0.1) is 0 Å². The maximum absolute atomic E-state index is 11.6. The van der Waals surface area contributed by atoms with Gasteiger partial charge in [0.15, 0.2) is 5.76 Å². The van der Waals surface area contributed by atoms with Gasteiger partial charge >= 0.3 is 0 Å². The summed E-state index contributed by atoms with van der Waals surface area (Å²) in [6, 6.07) is 3.37. The lowest BCUT2D eigenvalue weighted by molar-refractivity contribution is 0.0924. The normalized spacial score (nSPS) is 12.4. The van der Waals surface area contributed by atoms with Crippen molar-refractivity contribution in [3.05, 3.63) is 23.7 Å². The van der Waals surface area contributed by atoms with Crippen molar-refractivity contribution in [3.63, 3.8) is 0 Å². The zero-order valence-electron chi connectivity index (χ0n) is 9.66. The molecule has 4 nitrogen and oxygen atoms in total. The molecule has 5 heteroatoms. The number of rotatable bonds is 6. The molecule has 0 bridgehead atoms. The predicted octanol–water partition coefficient (Wildman–Crippen LogP) is 1.61. The highest BCUT2D eigenvalue weighted by Crippen LogP contribution is 2.09. The number of carbonyl (C=O) groups is 1. The molecule has 1 unspecified atom stereocenters. The van der Waals surface area contributed by atoms with E-state index in [1.54, 1.807) is 23.9 Å². The molecule has 1 heterocycles. The molecular weight excluding hydrogens is 224 g/mol. The number of carbonyl (C=O) groups excluding carboxylic acids is 1. The molecule has 0 saturated carbocycles. The van der Waals surface area contributed by atoms with Gasteiger partial charge < -0.3 is 15.5 Å². The Hall–Kier alpha value is -0.940. The lowest BCUT2D eigenvalue weighted by atomic mass is 10.3. The summed E-state index contributed by atoms with van der Waals surface area (Å²) in [5.74, 6) is 0.785. The van der Waals surface area contributed by atoms with Crippen molar-refractivity contribution in [2.45, 2.75) is 25.1 Å². The molecule has 1 aromatic rings. The number of furan rings is 1. The summed E-state index contributed by atoms with van der Waals surface area (Å²) in [5.41, 5.74) is 5.39. The second-order valence-corrected chi connectivity index (χ2v) is 4.84. The maximum atomic E-state index is 11.6. The molecule has 0 radical (unpaired) electrons. The number of nitrogens with one attached hydrogen (secondary N) is 1. The van der Waals surface area contributed by atoms with E-state index in [1.807, 2.05) is 0 Å². The Balaban J connectivity index is 2.35. The summed E-state index contributed by atoms with van der Waals surface area (Å²) >= 11 is 1.79. The van der Waals surface area contributed by atoms with Crippen LogP contribution in [0.3, 0.4) is 0 Å². The van der Waals surface area contributed by atoms with Crippen LogP contribution in [0.15, 0.2) is 16.5 Å². The third kappa shape index (κ3) is 3.90. The van der Waals surface area contributed by atoms with Gasteiger partial charge in [-0.25, -0.2) is 0 Å². The molecular formula is C11H18N2O2S. The van der Waals surface area contributed by atoms with Crippen molar-refractivity contribution in [2.75, 3.05) is 12.8 Å². The summed E-state index contributed by atoms with van der Waals surface area (Å²) in [6.07, 6.45) is 3.02. The van der Waals surface area contributed by atoms with Gasteiger partial charge in [0.1, 0.15) is 5.76 Å². The Kier molecular flexibility index (Phi) is 5.42. The Bertz CT molecular complexity index is 338. The van der Waals surface area contributed by atoms with E-state index in [-0.39, 0.29) is 5.91 Å². The summed E-state index contributed by atoms with van der Waals surface area (Å²) in [6.45, 7) is 3.12. The van der Waals surface area contributed by atoms with Gasteiger partial charge in [-0.1, -0.05) is 6.92 Å². The highest BCUT2D eigenvalue weighted by atomic mass is 32.2. The number of amides is 1. The van der Waals surface area contributed by atoms with Crippen LogP contribution in [0.2, 0.25) is 0 Å². The Morgan fingerprint density at radius 3 is 2.94 bits per heavy atom. The first-order chi connectivity index (χ1) is 7.67. The van der Waals surface area contributed by atoms with Crippen LogP contribution in [0.25, 0.3) is 0 Å². The molecule has 0 spiro atoms. The fourth-order valence-electron chi connectivity index (χ4n) is 1.20. The smallest absolute Gasteiger partial charge is 0.286 e. The van der Waals surface area contributed by atoms with Crippen LogP contribution in [0.1, 0.15) is 29.7 Å². The van der Waals surface area contributed by atoms with Crippen LogP contribution in [0, 0.1) is 0 Å². The van der Waals surface area contributed by atoms with Gasteiger partial charge in [-0.05, 0) is 24.8 Å². The van der Waals surface area contributed by atoms with Crippen molar-refractivity contribution < 1.29 is 9.21 Å². The number of hydrogen-bond donors (Lipinski definition) is 2. The number of nitrogens with two attached hydrogens (primary N) is 1. The van der Waals surface area contributed by atoms with Crippen LogP contribution in [-0.4, -0.2) is 24.0 Å². The predicted molar refractivity (Wildman–Crippen MR) is 66.5 cm³/mol. The number of thioether (sulfide) groups is 1. The average molecular weight is 242 g/mol. The van der Waals surface area contributed by atoms with E-state index >= 15 is 0 Å². The van der Waals surface area contributed by atoms with E-state index in [4.69, 9.17) is 10.2 Å². The average Bonchev–Trinajstić information content (AvgIpc) is 2.77. The summed E-state index contributed by atoms with van der Waals surface area (Å²) in [5, 5.41) is 3.37. The molecule has 1 aromatic heterocycles. The highest BCUT2D eigenvalue weighted by Gasteiger charge is 2.10. The zero-order valence-corrected chi connectivity index (χ0v) is 10.5. The van der Waals surface area contributed by atoms with E-state index in [0.717, 1.165) is 6.42 Å². The first kappa shape index (κ1) is 13.1. The second-order valence-electron chi connectivity index (χ2n) is 3.56. The molecule has 3 N–H and O–H groups in total. The first-order valence-electron chi connectivity index (χ1n) is 5.27. The minimum Gasteiger partial charge on any atom is -0.455 e. The summed E-state index contributed by atoms with van der Waals surface area (Å²) < 4.78 is 5.24. The SMILES string of the molecule is CSC(C)CCNC(=O)c1ccc(CN)o1. The van der Waals surface area contributed by atoms with Gasteiger partial charge in [-0.2, -0.15) is 11.8 Å². The minimum absolute atomic E-state index is 0.173. The lowest BCUT2D eigenvalue weighted by Gasteiger charge is -2.07. The topological polar surface area (TPSA) is 68.3 Å². The maximum Gasteiger partial charge on any atom is 0.286 e. The highest BCUT2D eigenvalue weighted by molar-refractivity contribution is 7.99. The van der Waals surface area contributed by atoms with Crippen LogP contribution in [0.5, 0.6) is 0 Å². The molecule has 0 aliphatic heterocycles. The zero-order chi connectivity index (χ0) is 12.0. The first-order valence-corrected chi connectivity index (χ1v) is 6.56. The lowest BCUT2D eigenvalue weighted by Crippen LogP contribution is -2.25. The largest absolute Gasteiger partial charge is 0.455 e. The molecule has 1 atom stereocenters. The quantitative estimate of drug-likeness (QED) is 0.795. The fourth-order valence-corrected chi connectivity index (χ4v) is 1.56. The third-order valence-corrected chi connectivity index (χ3v) is 3.37. The molecule has 90 valence electrons. The van der Waals surface area contributed by atoms with Crippen molar-refractivity contribution in [1.29, 1.82) is 0 Å². The standard InChI is InChI=1S/C11H18N2O2S/c1-8(16-2)5-6-13-11(14)10-4-3-9(7-12)15-10/h3-4,8H,5-7,12H2,1-2H3,(H,13,14). The molecule has 1 amide bonds. The summed E-state index contributed by atoms with van der Waals surface area (Å²) in [4.78, 5) is 11.6. The van der Waals surface area contributed by atoms with Gasteiger partial charge in [0.05, 0.1) is 6.54 Å². The van der Waals surface area contributed by atoms with E-state index in [9.17, 15) is 4.79 Å². The van der Waals surface area contributed by atoms with Gasteiger partial charge in [-0.3, -0.25) is 4.79 Å². The molecule has 0 aromatic carbocycles. The van der Waals surface area contributed by atoms with Crippen molar-refractivity contribution >= 4 is 17.7 Å². The molecule has 0 aliphatic carbocycles. The van der Waals surface area contributed by atoms with E-state index in [2.05, 4.69) is 18.5 Å². The summed E-state index contributed by atoms with van der Waals surface area (Å²) in [7, 11) is 0.